The fraction of sp³-hybridized carbons (Fsp3) is 0.0588. The summed E-state index contributed by atoms with van der Waals surface area (Å²) in [5.41, 5.74) is 2.86. The van der Waals surface area contributed by atoms with E-state index in [4.69, 9.17) is 33.6 Å². The maximum absolute atomic E-state index is 12.6. The second kappa shape index (κ2) is 8.29. The normalized spacial score (nSPS) is 11.4. The summed E-state index contributed by atoms with van der Waals surface area (Å²) in [6.07, 6.45) is 0. The van der Waals surface area contributed by atoms with Gasteiger partial charge in [-0.2, -0.15) is 0 Å². The number of nitrogens with zero attached hydrogens (tertiary/aromatic N) is 1. The fourth-order valence-corrected chi connectivity index (χ4v) is 4.13. The van der Waals surface area contributed by atoms with Crippen LogP contribution >= 0.6 is 23.2 Å². The van der Waals surface area contributed by atoms with Gasteiger partial charge in [0, 0.05) is 16.7 Å². The Kier molecular flexibility index (Phi) is 6.01. The molecule has 0 spiro atoms. The van der Waals surface area contributed by atoms with E-state index in [9.17, 15) is 13.2 Å². The van der Waals surface area contributed by atoms with Crippen molar-refractivity contribution >= 4 is 39.1 Å². The van der Waals surface area contributed by atoms with Crippen LogP contribution in [0.2, 0.25) is 10.0 Å². The van der Waals surface area contributed by atoms with Crippen LogP contribution in [-0.4, -0.2) is 19.5 Å². The predicted molar refractivity (Wildman–Crippen MR) is 104 cm³/mol. The van der Waals surface area contributed by atoms with Gasteiger partial charge in [-0.3, -0.25) is 10.2 Å². The first-order chi connectivity index (χ1) is 13.3. The van der Waals surface area contributed by atoms with Crippen LogP contribution in [0, 0.1) is 0 Å². The van der Waals surface area contributed by atoms with Crippen LogP contribution in [0.5, 0.6) is 0 Å². The van der Waals surface area contributed by atoms with Gasteiger partial charge in [-0.25, -0.2) is 19.0 Å². The number of nitrogen functional groups attached to an aromatic ring is 1. The van der Waals surface area contributed by atoms with Gasteiger partial charge in [-0.1, -0.05) is 40.5 Å². The van der Waals surface area contributed by atoms with E-state index >= 15 is 0 Å². The zero-order chi connectivity index (χ0) is 20.3. The largest absolute Gasteiger partial charge is 0.359 e. The van der Waals surface area contributed by atoms with E-state index in [1.54, 1.807) is 24.3 Å². The Balaban J connectivity index is 1.80. The van der Waals surface area contributed by atoms with Gasteiger partial charge in [0.2, 0.25) is 10.0 Å². The molecule has 0 unspecified atom stereocenters. The van der Waals surface area contributed by atoms with Gasteiger partial charge < -0.3 is 4.52 Å². The monoisotopic (exact) mass is 440 g/mol. The molecule has 0 saturated heterocycles. The summed E-state index contributed by atoms with van der Waals surface area (Å²) in [6, 6.07) is 12.1. The van der Waals surface area contributed by atoms with E-state index in [2.05, 4.69) is 9.88 Å². The average molecular weight is 441 g/mol. The number of halogens is 2. The van der Waals surface area contributed by atoms with Crippen molar-refractivity contribution < 1.29 is 17.7 Å². The minimum absolute atomic E-state index is 0.0799. The molecule has 0 bridgehead atoms. The number of carbonyl (C=O) groups is 1. The quantitative estimate of drug-likeness (QED) is 0.307. The van der Waals surface area contributed by atoms with Gasteiger partial charge in [0.15, 0.2) is 5.76 Å². The molecule has 1 aromatic heterocycles. The van der Waals surface area contributed by atoms with Crippen LogP contribution in [0.4, 0.5) is 0 Å². The van der Waals surface area contributed by atoms with Crippen molar-refractivity contribution in [1.82, 2.24) is 15.3 Å². The van der Waals surface area contributed by atoms with Crippen LogP contribution in [0.25, 0.3) is 11.3 Å². The lowest BCUT2D eigenvalue weighted by Gasteiger charge is -2.09. The SMILES string of the molecule is NNC(=O)c1ccccc1S(=O)(=O)NCc1cc(-c2ccc(Cl)cc2Cl)no1. The molecule has 8 nitrogen and oxygen atoms in total. The van der Waals surface area contributed by atoms with Crippen molar-refractivity contribution in [2.24, 2.45) is 5.84 Å². The molecular weight excluding hydrogens is 427 g/mol. The lowest BCUT2D eigenvalue weighted by atomic mass is 10.1. The number of nitrogens with one attached hydrogen (secondary N) is 2. The Morgan fingerprint density at radius 2 is 1.89 bits per heavy atom. The van der Waals surface area contributed by atoms with E-state index < -0.39 is 15.9 Å². The highest BCUT2D eigenvalue weighted by molar-refractivity contribution is 7.89. The van der Waals surface area contributed by atoms with Gasteiger partial charge in [-0.05, 0) is 30.3 Å². The van der Waals surface area contributed by atoms with E-state index in [1.807, 2.05) is 5.43 Å². The highest BCUT2D eigenvalue weighted by Crippen LogP contribution is 2.30. The molecule has 1 amide bonds. The molecule has 0 aliphatic rings. The third-order valence-corrected chi connectivity index (χ3v) is 5.76. The molecule has 3 aromatic rings. The predicted octanol–water partition coefficient (Wildman–Crippen LogP) is 2.73. The van der Waals surface area contributed by atoms with Crippen molar-refractivity contribution in [3.63, 3.8) is 0 Å². The minimum Gasteiger partial charge on any atom is -0.359 e. The van der Waals surface area contributed by atoms with Crippen LogP contribution in [0.15, 0.2) is 57.9 Å². The summed E-state index contributed by atoms with van der Waals surface area (Å²) in [5, 5.41) is 4.75. The maximum atomic E-state index is 12.6. The van der Waals surface area contributed by atoms with Crippen molar-refractivity contribution in [1.29, 1.82) is 0 Å². The highest BCUT2D eigenvalue weighted by atomic mass is 35.5. The van der Waals surface area contributed by atoms with Crippen LogP contribution in [-0.2, 0) is 16.6 Å². The van der Waals surface area contributed by atoms with Crippen LogP contribution in [0.3, 0.4) is 0 Å². The van der Waals surface area contributed by atoms with Gasteiger partial charge in [0.1, 0.15) is 5.69 Å². The Morgan fingerprint density at radius 1 is 1.14 bits per heavy atom. The first-order valence-electron chi connectivity index (χ1n) is 7.82. The van der Waals surface area contributed by atoms with Crippen molar-refractivity contribution in [3.8, 4) is 11.3 Å². The summed E-state index contributed by atoms with van der Waals surface area (Å²) < 4.78 is 32.7. The van der Waals surface area contributed by atoms with Crippen molar-refractivity contribution in [3.05, 3.63) is 69.9 Å². The maximum Gasteiger partial charge on any atom is 0.266 e. The van der Waals surface area contributed by atoms with E-state index in [0.29, 0.717) is 21.3 Å². The molecule has 1 heterocycles. The molecule has 0 aliphatic heterocycles. The topological polar surface area (TPSA) is 127 Å². The lowest BCUT2D eigenvalue weighted by molar-refractivity contribution is 0.0950. The number of amides is 1. The van der Waals surface area contributed by atoms with Crippen molar-refractivity contribution in [2.75, 3.05) is 0 Å². The number of hydrazine groups is 1. The molecule has 28 heavy (non-hydrogen) atoms. The number of aromatic nitrogens is 1. The van der Waals surface area contributed by atoms with Gasteiger partial charge in [0.25, 0.3) is 5.91 Å². The summed E-state index contributed by atoms with van der Waals surface area (Å²) in [6.45, 7) is -0.181. The molecule has 2 aromatic carbocycles. The molecule has 11 heteroatoms. The molecule has 0 fully saturated rings. The second-order valence-corrected chi connectivity index (χ2v) is 8.18. The molecular formula is C17H14Cl2N4O4S. The molecule has 0 radical (unpaired) electrons. The first-order valence-corrected chi connectivity index (χ1v) is 10.1. The Hall–Kier alpha value is -2.43. The molecule has 0 saturated carbocycles. The number of carbonyl (C=O) groups excluding carboxylic acids is 1. The minimum atomic E-state index is -4.01. The molecule has 4 N–H and O–H groups in total. The van der Waals surface area contributed by atoms with E-state index in [-0.39, 0.29) is 22.8 Å². The number of hydrogen-bond acceptors (Lipinski definition) is 6. The van der Waals surface area contributed by atoms with Gasteiger partial charge in [-0.15, -0.1) is 0 Å². The third-order valence-electron chi connectivity index (χ3n) is 3.75. The smallest absolute Gasteiger partial charge is 0.266 e. The Bertz CT molecular complexity index is 1130. The average Bonchev–Trinajstić information content (AvgIpc) is 3.14. The van der Waals surface area contributed by atoms with Gasteiger partial charge in [0.05, 0.1) is 22.0 Å². The zero-order valence-corrected chi connectivity index (χ0v) is 16.5. The number of benzene rings is 2. The number of hydrogen-bond donors (Lipinski definition) is 3. The number of rotatable bonds is 6. The van der Waals surface area contributed by atoms with E-state index in [0.717, 1.165) is 0 Å². The summed E-state index contributed by atoms with van der Waals surface area (Å²) in [5.74, 6) is 4.64. The third kappa shape index (κ3) is 4.34. The lowest BCUT2D eigenvalue weighted by Crippen LogP contribution is -2.32. The van der Waals surface area contributed by atoms with Crippen LogP contribution in [0.1, 0.15) is 16.1 Å². The highest BCUT2D eigenvalue weighted by Gasteiger charge is 2.22. The van der Waals surface area contributed by atoms with Crippen LogP contribution < -0.4 is 16.0 Å². The second-order valence-electron chi connectivity index (χ2n) is 5.60. The first kappa shape index (κ1) is 20.3. The summed E-state index contributed by atoms with van der Waals surface area (Å²) >= 11 is 12.0. The molecule has 3 rings (SSSR count). The number of nitrogens with two attached hydrogens (primary N) is 1. The standard InChI is InChI=1S/C17H14Cl2N4O4S/c18-10-5-6-12(14(19)7-10)15-8-11(27-23-15)9-21-28(25,26)16-4-2-1-3-13(16)17(24)22-20/h1-8,21H,9,20H2,(H,22,24). The zero-order valence-electron chi connectivity index (χ0n) is 14.1. The Labute approximate surface area is 170 Å². The summed E-state index contributed by atoms with van der Waals surface area (Å²) in [4.78, 5) is 11.6. The summed E-state index contributed by atoms with van der Waals surface area (Å²) in [7, 11) is -4.01. The molecule has 0 atom stereocenters. The fourth-order valence-electron chi connectivity index (χ4n) is 2.43. The van der Waals surface area contributed by atoms with E-state index in [1.165, 1.54) is 24.3 Å². The Morgan fingerprint density at radius 3 is 2.61 bits per heavy atom. The molecule has 0 aliphatic carbocycles. The van der Waals surface area contributed by atoms with Gasteiger partial charge >= 0.3 is 0 Å². The van der Waals surface area contributed by atoms with Crippen molar-refractivity contribution in [2.45, 2.75) is 11.4 Å². The molecule has 146 valence electrons. The number of sulfonamides is 1.